The number of anilines is 1. The van der Waals surface area contributed by atoms with Crippen LogP contribution < -0.4 is 10.9 Å². The van der Waals surface area contributed by atoms with Crippen LogP contribution in [0.2, 0.25) is 0 Å². The molecule has 0 aliphatic rings. The lowest BCUT2D eigenvalue weighted by Gasteiger charge is -2.06. The molecule has 2 aromatic carbocycles. The molecule has 0 fully saturated rings. The smallest absolute Gasteiger partial charge is 0.305 e. The van der Waals surface area contributed by atoms with E-state index in [2.05, 4.69) is 5.32 Å². The molecule has 76 valence electrons. The van der Waals surface area contributed by atoms with Crippen molar-refractivity contribution in [2.45, 2.75) is 0 Å². The number of halogens is 1. The van der Waals surface area contributed by atoms with Crippen molar-refractivity contribution in [2.75, 3.05) is 5.32 Å². The molecule has 2 rings (SSSR count). The number of benzene rings is 2. The standard InChI is InChI=1S/C11H9FN2O/c12-14-11(15)13-10-7-3-5-8-4-1-2-6-9(8)10/h1-7H,(H2,13,14,15). The van der Waals surface area contributed by atoms with E-state index in [1.807, 2.05) is 30.3 Å². The van der Waals surface area contributed by atoms with Crippen LogP contribution in [0.4, 0.5) is 15.0 Å². The lowest BCUT2D eigenvalue weighted by Crippen LogP contribution is -2.21. The summed E-state index contributed by atoms with van der Waals surface area (Å²) in [6.07, 6.45) is 0. The highest BCUT2D eigenvalue weighted by Crippen LogP contribution is 2.22. The zero-order valence-corrected chi connectivity index (χ0v) is 7.83. The van der Waals surface area contributed by atoms with Crippen molar-refractivity contribution in [3.05, 3.63) is 42.5 Å². The minimum Gasteiger partial charge on any atom is -0.305 e. The number of carbonyl (C=O) groups is 1. The van der Waals surface area contributed by atoms with Gasteiger partial charge in [-0.3, -0.25) is 0 Å². The maximum Gasteiger partial charge on any atom is 0.347 e. The first-order valence-electron chi connectivity index (χ1n) is 4.46. The highest BCUT2D eigenvalue weighted by molar-refractivity contribution is 6.01. The zero-order chi connectivity index (χ0) is 10.7. The van der Waals surface area contributed by atoms with E-state index < -0.39 is 6.03 Å². The third-order valence-electron chi connectivity index (χ3n) is 2.12. The summed E-state index contributed by atoms with van der Waals surface area (Å²) in [5, 5.41) is 4.28. The predicted octanol–water partition coefficient (Wildman–Crippen LogP) is 2.85. The predicted molar refractivity (Wildman–Crippen MR) is 57.2 cm³/mol. The number of nitrogens with one attached hydrogen (secondary N) is 2. The second-order valence-electron chi connectivity index (χ2n) is 3.08. The van der Waals surface area contributed by atoms with Gasteiger partial charge in [-0.1, -0.05) is 40.9 Å². The van der Waals surface area contributed by atoms with Gasteiger partial charge in [0.2, 0.25) is 0 Å². The lowest BCUT2D eigenvalue weighted by molar-refractivity contribution is 0.230. The van der Waals surface area contributed by atoms with Crippen molar-refractivity contribution in [1.29, 1.82) is 0 Å². The van der Waals surface area contributed by atoms with E-state index in [1.54, 1.807) is 12.1 Å². The van der Waals surface area contributed by atoms with Gasteiger partial charge in [0.1, 0.15) is 0 Å². The second kappa shape index (κ2) is 3.96. The first kappa shape index (κ1) is 9.45. The number of amides is 2. The zero-order valence-electron chi connectivity index (χ0n) is 7.83. The highest BCUT2D eigenvalue weighted by Gasteiger charge is 2.03. The van der Waals surface area contributed by atoms with Crippen LogP contribution in [0.3, 0.4) is 0 Å². The van der Waals surface area contributed by atoms with E-state index in [1.165, 1.54) is 0 Å². The van der Waals surface area contributed by atoms with Gasteiger partial charge >= 0.3 is 6.03 Å². The third kappa shape index (κ3) is 1.88. The Labute approximate surface area is 85.8 Å². The quantitative estimate of drug-likeness (QED) is 0.689. The summed E-state index contributed by atoms with van der Waals surface area (Å²) in [5.74, 6) is 0. The molecule has 0 heterocycles. The Morgan fingerprint density at radius 2 is 1.80 bits per heavy atom. The van der Waals surface area contributed by atoms with Crippen LogP contribution in [0.5, 0.6) is 0 Å². The van der Waals surface area contributed by atoms with E-state index >= 15 is 0 Å². The monoisotopic (exact) mass is 204 g/mol. The van der Waals surface area contributed by atoms with Crippen molar-refractivity contribution in [2.24, 2.45) is 0 Å². The molecule has 0 radical (unpaired) electrons. The number of hydrogen-bond acceptors (Lipinski definition) is 1. The molecular weight excluding hydrogens is 195 g/mol. The van der Waals surface area contributed by atoms with Crippen LogP contribution in [-0.4, -0.2) is 6.03 Å². The average molecular weight is 204 g/mol. The Kier molecular flexibility index (Phi) is 2.49. The van der Waals surface area contributed by atoms with Crippen LogP contribution in [0.1, 0.15) is 0 Å². The lowest BCUT2D eigenvalue weighted by atomic mass is 10.1. The van der Waals surface area contributed by atoms with E-state index in [9.17, 15) is 9.28 Å². The molecule has 0 spiro atoms. The normalized spacial score (nSPS) is 9.93. The molecule has 0 bridgehead atoms. The van der Waals surface area contributed by atoms with Gasteiger partial charge in [-0.15, -0.1) is 0 Å². The third-order valence-corrected chi connectivity index (χ3v) is 2.12. The highest BCUT2D eigenvalue weighted by atomic mass is 19.2. The van der Waals surface area contributed by atoms with Crippen LogP contribution in [0, 0.1) is 0 Å². The average Bonchev–Trinajstić information content (AvgIpc) is 2.29. The fraction of sp³-hybridized carbons (Fsp3) is 0. The maximum atomic E-state index is 11.8. The number of rotatable bonds is 1. The Balaban J connectivity index is 2.46. The van der Waals surface area contributed by atoms with Crippen molar-refractivity contribution < 1.29 is 9.28 Å². The topological polar surface area (TPSA) is 41.1 Å². The van der Waals surface area contributed by atoms with Crippen LogP contribution in [0.25, 0.3) is 10.8 Å². The molecule has 2 amide bonds. The summed E-state index contributed by atoms with van der Waals surface area (Å²) in [6.45, 7) is 0. The first-order valence-corrected chi connectivity index (χ1v) is 4.46. The molecule has 2 aromatic rings. The van der Waals surface area contributed by atoms with Crippen LogP contribution in [-0.2, 0) is 0 Å². The van der Waals surface area contributed by atoms with E-state index in [4.69, 9.17) is 0 Å². The minimum absolute atomic E-state index is 0.586. The Morgan fingerprint density at radius 1 is 1.07 bits per heavy atom. The number of fused-ring (bicyclic) bond motifs is 1. The van der Waals surface area contributed by atoms with Crippen molar-refractivity contribution >= 4 is 22.5 Å². The molecule has 0 unspecified atom stereocenters. The van der Waals surface area contributed by atoms with Gasteiger partial charge in [-0.2, -0.15) is 5.54 Å². The SMILES string of the molecule is O=C(NF)Nc1cccc2ccccc12. The molecule has 0 aliphatic carbocycles. The van der Waals surface area contributed by atoms with Gasteiger partial charge in [0.05, 0.1) is 5.69 Å². The van der Waals surface area contributed by atoms with E-state index in [0.717, 1.165) is 16.3 Å². The largest absolute Gasteiger partial charge is 0.347 e. The molecule has 0 aromatic heterocycles. The van der Waals surface area contributed by atoms with Crippen LogP contribution >= 0.6 is 0 Å². The number of carbonyl (C=O) groups excluding carboxylic acids is 1. The summed E-state index contributed by atoms with van der Waals surface area (Å²) in [6, 6.07) is 12.1. The van der Waals surface area contributed by atoms with Crippen molar-refractivity contribution in [1.82, 2.24) is 5.54 Å². The molecule has 0 saturated carbocycles. The van der Waals surface area contributed by atoms with Gasteiger partial charge in [0.25, 0.3) is 0 Å². The molecule has 15 heavy (non-hydrogen) atoms. The molecule has 4 heteroatoms. The fourth-order valence-electron chi connectivity index (χ4n) is 1.48. The molecule has 2 N–H and O–H groups in total. The van der Waals surface area contributed by atoms with Crippen LogP contribution in [0.15, 0.2) is 42.5 Å². The molecule has 0 aliphatic heterocycles. The van der Waals surface area contributed by atoms with Gasteiger partial charge in [0, 0.05) is 5.39 Å². The van der Waals surface area contributed by atoms with Gasteiger partial charge < -0.3 is 5.32 Å². The van der Waals surface area contributed by atoms with Gasteiger partial charge in [-0.05, 0) is 11.5 Å². The summed E-state index contributed by atoms with van der Waals surface area (Å²) < 4.78 is 11.8. The minimum atomic E-state index is -0.869. The molecule has 0 saturated heterocycles. The van der Waals surface area contributed by atoms with E-state index in [0.29, 0.717) is 5.69 Å². The van der Waals surface area contributed by atoms with Crippen molar-refractivity contribution in [3.8, 4) is 0 Å². The van der Waals surface area contributed by atoms with Crippen molar-refractivity contribution in [3.63, 3.8) is 0 Å². The Bertz CT molecular complexity index is 493. The summed E-state index contributed by atoms with van der Waals surface area (Å²) in [5.41, 5.74) is 1.61. The van der Waals surface area contributed by atoms with Gasteiger partial charge in [0.15, 0.2) is 0 Å². The number of hydrogen-bond donors (Lipinski definition) is 2. The summed E-state index contributed by atoms with van der Waals surface area (Å²) in [4.78, 5) is 10.8. The first-order chi connectivity index (χ1) is 7.31. The molecular formula is C11H9FN2O. The summed E-state index contributed by atoms with van der Waals surface area (Å²) >= 11 is 0. The molecule has 3 nitrogen and oxygen atoms in total. The fourth-order valence-corrected chi connectivity index (χ4v) is 1.48. The summed E-state index contributed by atoms with van der Waals surface area (Å²) in [7, 11) is 0. The maximum absolute atomic E-state index is 11.8. The Hall–Kier alpha value is -2.10. The number of urea groups is 1. The van der Waals surface area contributed by atoms with Gasteiger partial charge in [-0.25, -0.2) is 4.79 Å². The van der Waals surface area contributed by atoms with E-state index in [-0.39, 0.29) is 0 Å². The Morgan fingerprint density at radius 3 is 2.60 bits per heavy atom. The second-order valence-corrected chi connectivity index (χ2v) is 3.08. The molecule has 0 atom stereocenters.